The van der Waals surface area contributed by atoms with Gasteiger partial charge in [-0.1, -0.05) is 15.9 Å². The van der Waals surface area contributed by atoms with Crippen LogP contribution < -0.4 is 4.74 Å². The van der Waals surface area contributed by atoms with Gasteiger partial charge in [0.15, 0.2) is 0 Å². The summed E-state index contributed by atoms with van der Waals surface area (Å²) >= 11 is 3.72. The number of benzene rings is 1. The van der Waals surface area contributed by atoms with E-state index in [2.05, 4.69) is 67.6 Å². The highest BCUT2D eigenvalue weighted by Gasteiger charge is 2.34. The summed E-state index contributed by atoms with van der Waals surface area (Å²) in [7, 11) is 0. The first-order valence-corrected chi connectivity index (χ1v) is 8.31. The molecule has 1 unspecified atom stereocenters. The van der Waals surface area contributed by atoms with Gasteiger partial charge in [0, 0.05) is 16.1 Å². The third-order valence-corrected chi connectivity index (χ3v) is 4.53. The number of nitrogens with zero attached hydrogens (tertiary/aromatic N) is 1. The van der Waals surface area contributed by atoms with E-state index in [0.29, 0.717) is 6.04 Å². The molecule has 20 heavy (non-hydrogen) atoms. The van der Waals surface area contributed by atoms with Gasteiger partial charge in [0.1, 0.15) is 5.75 Å². The van der Waals surface area contributed by atoms with Gasteiger partial charge in [0.2, 0.25) is 0 Å². The lowest BCUT2D eigenvalue weighted by Gasteiger charge is -2.37. The number of likely N-dealkylation sites (tertiary alicyclic amines) is 1. The molecule has 1 fully saturated rings. The van der Waals surface area contributed by atoms with E-state index in [1.54, 1.807) is 0 Å². The molecule has 0 amide bonds. The normalized spacial score (nSPS) is 20.6. The minimum absolute atomic E-state index is 0.204. The van der Waals surface area contributed by atoms with Crippen molar-refractivity contribution in [2.45, 2.75) is 65.1 Å². The van der Waals surface area contributed by atoms with Crippen LogP contribution in [0.1, 0.15) is 59.1 Å². The third kappa shape index (κ3) is 3.56. The van der Waals surface area contributed by atoms with Crippen LogP contribution in [0.25, 0.3) is 0 Å². The predicted molar refractivity (Wildman–Crippen MR) is 88.3 cm³/mol. The van der Waals surface area contributed by atoms with Gasteiger partial charge in [-0.3, -0.25) is 4.90 Å². The molecule has 3 heteroatoms. The molecule has 0 saturated carbocycles. The van der Waals surface area contributed by atoms with Crippen LogP contribution in [0, 0.1) is 0 Å². The second kappa shape index (κ2) is 6.07. The Morgan fingerprint density at radius 2 is 2.00 bits per heavy atom. The summed E-state index contributed by atoms with van der Waals surface area (Å²) in [5, 5.41) is 0. The van der Waals surface area contributed by atoms with Crippen molar-refractivity contribution < 1.29 is 4.74 Å². The van der Waals surface area contributed by atoms with Crippen LogP contribution in [0.2, 0.25) is 0 Å². The topological polar surface area (TPSA) is 12.5 Å². The van der Waals surface area contributed by atoms with Crippen molar-refractivity contribution in [3.8, 4) is 5.75 Å². The monoisotopic (exact) mass is 339 g/mol. The number of hydrogen-bond donors (Lipinski definition) is 0. The smallest absolute Gasteiger partial charge is 0.120 e. The summed E-state index contributed by atoms with van der Waals surface area (Å²) in [4.78, 5) is 2.60. The summed E-state index contributed by atoms with van der Waals surface area (Å²) in [6.07, 6.45) is 2.70. The molecule has 0 aromatic heterocycles. The largest absolute Gasteiger partial charge is 0.491 e. The highest BCUT2D eigenvalue weighted by Crippen LogP contribution is 2.41. The SMILES string of the molecule is CC(C)Oc1ccc(Br)c(C2CCCN2C(C)(C)C)c1. The molecule has 1 aromatic carbocycles. The summed E-state index contributed by atoms with van der Waals surface area (Å²) < 4.78 is 7.04. The Bertz CT molecular complexity index is 465. The van der Waals surface area contributed by atoms with Crippen LogP contribution >= 0.6 is 15.9 Å². The minimum Gasteiger partial charge on any atom is -0.491 e. The van der Waals surface area contributed by atoms with Crippen LogP contribution in [0.4, 0.5) is 0 Å². The van der Waals surface area contributed by atoms with Crippen molar-refractivity contribution in [2.75, 3.05) is 6.54 Å². The van der Waals surface area contributed by atoms with E-state index in [1.807, 2.05) is 6.07 Å². The summed E-state index contributed by atoms with van der Waals surface area (Å²) in [5.74, 6) is 0.971. The predicted octanol–water partition coefficient (Wildman–Crippen LogP) is 5.17. The van der Waals surface area contributed by atoms with Crippen molar-refractivity contribution in [1.29, 1.82) is 0 Å². The summed E-state index contributed by atoms with van der Waals surface area (Å²) in [5.41, 5.74) is 1.56. The quantitative estimate of drug-likeness (QED) is 0.752. The molecule has 0 bridgehead atoms. The average molecular weight is 340 g/mol. The fourth-order valence-corrected chi connectivity index (χ4v) is 3.53. The Kier molecular flexibility index (Phi) is 4.80. The zero-order valence-electron chi connectivity index (χ0n) is 13.2. The highest BCUT2D eigenvalue weighted by molar-refractivity contribution is 9.10. The molecule has 1 saturated heterocycles. The molecule has 1 atom stereocenters. The van der Waals surface area contributed by atoms with Gasteiger partial charge in [-0.25, -0.2) is 0 Å². The first kappa shape index (κ1) is 15.8. The van der Waals surface area contributed by atoms with Crippen LogP contribution in [0.5, 0.6) is 5.75 Å². The van der Waals surface area contributed by atoms with E-state index in [1.165, 1.54) is 29.4 Å². The fraction of sp³-hybridized carbons (Fsp3) is 0.647. The lowest BCUT2D eigenvalue weighted by molar-refractivity contribution is 0.121. The molecule has 0 aliphatic carbocycles. The van der Waals surface area contributed by atoms with Crippen molar-refractivity contribution >= 4 is 15.9 Å². The van der Waals surface area contributed by atoms with Crippen LogP contribution in [-0.4, -0.2) is 23.1 Å². The maximum atomic E-state index is 5.85. The molecule has 0 N–H and O–H groups in total. The number of halogens is 1. The van der Waals surface area contributed by atoms with Crippen molar-refractivity contribution in [3.63, 3.8) is 0 Å². The second-order valence-electron chi connectivity index (χ2n) is 6.87. The van der Waals surface area contributed by atoms with Crippen molar-refractivity contribution in [1.82, 2.24) is 4.90 Å². The molecule has 1 aliphatic heterocycles. The van der Waals surface area contributed by atoms with E-state index >= 15 is 0 Å². The molecule has 1 heterocycles. The van der Waals surface area contributed by atoms with E-state index in [4.69, 9.17) is 4.74 Å². The first-order chi connectivity index (χ1) is 9.29. The maximum absolute atomic E-state index is 5.85. The fourth-order valence-electron chi connectivity index (χ4n) is 3.02. The molecule has 0 spiro atoms. The molecule has 112 valence electrons. The van der Waals surface area contributed by atoms with Gasteiger partial charge in [-0.15, -0.1) is 0 Å². The van der Waals surface area contributed by atoms with Crippen LogP contribution in [0.3, 0.4) is 0 Å². The Hall–Kier alpha value is -0.540. The number of ether oxygens (including phenoxy) is 1. The van der Waals surface area contributed by atoms with Crippen LogP contribution in [-0.2, 0) is 0 Å². The zero-order valence-corrected chi connectivity index (χ0v) is 14.8. The number of rotatable bonds is 3. The third-order valence-electron chi connectivity index (χ3n) is 3.81. The molecule has 2 rings (SSSR count). The zero-order chi connectivity index (χ0) is 14.9. The molecular weight excluding hydrogens is 314 g/mol. The molecule has 0 radical (unpaired) electrons. The van der Waals surface area contributed by atoms with Crippen LogP contribution in [0.15, 0.2) is 22.7 Å². The van der Waals surface area contributed by atoms with Crippen molar-refractivity contribution in [3.05, 3.63) is 28.2 Å². The lowest BCUT2D eigenvalue weighted by Crippen LogP contribution is -2.40. The van der Waals surface area contributed by atoms with E-state index < -0.39 is 0 Å². The Labute approximate surface area is 131 Å². The molecular formula is C17H26BrNO. The second-order valence-corrected chi connectivity index (χ2v) is 7.73. The first-order valence-electron chi connectivity index (χ1n) is 7.52. The standard InChI is InChI=1S/C17H26BrNO/c1-12(2)20-13-8-9-15(18)14(11-13)16-7-6-10-19(16)17(3,4)5/h8-9,11-12,16H,6-7,10H2,1-5H3. The molecule has 2 nitrogen and oxygen atoms in total. The van der Waals surface area contributed by atoms with E-state index in [9.17, 15) is 0 Å². The van der Waals surface area contributed by atoms with E-state index in [0.717, 1.165) is 5.75 Å². The Morgan fingerprint density at radius 1 is 1.30 bits per heavy atom. The minimum atomic E-state index is 0.204. The molecule has 1 aromatic rings. The highest BCUT2D eigenvalue weighted by atomic mass is 79.9. The average Bonchev–Trinajstić information content (AvgIpc) is 2.79. The van der Waals surface area contributed by atoms with Gasteiger partial charge in [0.05, 0.1) is 6.10 Å². The maximum Gasteiger partial charge on any atom is 0.120 e. The van der Waals surface area contributed by atoms with Gasteiger partial charge >= 0.3 is 0 Å². The van der Waals surface area contributed by atoms with Gasteiger partial charge in [-0.05, 0) is 77.8 Å². The Morgan fingerprint density at radius 3 is 2.60 bits per heavy atom. The van der Waals surface area contributed by atoms with E-state index in [-0.39, 0.29) is 11.6 Å². The van der Waals surface area contributed by atoms with Gasteiger partial charge < -0.3 is 4.74 Å². The van der Waals surface area contributed by atoms with Gasteiger partial charge in [-0.2, -0.15) is 0 Å². The lowest BCUT2D eigenvalue weighted by atomic mass is 9.99. The Balaban J connectivity index is 2.31. The number of hydrogen-bond acceptors (Lipinski definition) is 2. The summed E-state index contributed by atoms with van der Waals surface area (Å²) in [6.45, 7) is 12.2. The summed E-state index contributed by atoms with van der Waals surface area (Å²) in [6, 6.07) is 6.86. The molecule has 1 aliphatic rings. The van der Waals surface area contributed by atoms with Gasteiger partial charge in [0.25, 0.3) is 0 Å². The van der Waals surface area contributed by atoms with Crippen molar-refractivity contribution in [2.24, 2.45) is 0 Å².